The average Bonchev–Trinajstić information content (AvgIpc) is 3.32. The second-order valence-corrected chi connectivity index (χ2v) is 5.88. The molecule has 1 amide bonds. The molecule has 3 rings (SSSR count). The van der Waals surface area contributed by atoms with Gasteiger partial charge in [0.15, 0.2) is 0 Å². The van der Waals surface area contributed by atoms with Crippen molar-refractivity contribution in [2.45, 2.75) is 25.2 Å². The van der Waals surface area contributed by atoms with E-state index in [-0.39, 0.29) is 5.92 Å². The Balaban J connectivity index is 1.58. The number of carbonyl (C=O) groups excluding carboxylic acids is 1. The van der Waals surface area contributed by atoms with Gasteiger partial charge in [-0.2, -0.15) is 0 Å². The summed E-state index contributed by atoms with van der Waals surface area (Å²) < 4.78 is 5.16. The zero-order valence-electron chi connectivity index (χ0n) is 11.6. The van der Waals surface area contributed by atoms with E-state index in [0.717, 1.165) is 24.6 Å². The number of rotatable bonds is 5. The van der Waals surface area contributed by atoms with Crippen LogP contribution in [0.5, 0.6) is 5.75 Å². The molecule has 2 saturated carbocycles. The Hall–Kier alpha value is -1.51. The van der Waals surface area contributed by atoms with Crippen LogP contribution in [0.15, 0.2) is 24.3 Å². The number of amides is 1. The van der Waals surface area contributed by atoms with E-state index in [4.69, 9.17) is 4.74 Å². The maximum atomic E-state index is 12.3. The van der Waals surface area contributed by atoms with Gasteiger partial charge in [-0.05, 0) is 48.8 Å². The van der Waals surface area contributed by atoms with E-state index in [9.17, 15) is 4.79 Å². The molecule has 0 radical (unpaired) electrons. The largest absolute Gasteiger partial charge is 0.497 e. The number of hydrogen-bond acceptors (Lipinski definition) is 2. The van der Waals surface area contributed by atoms with Crippen molar-refractivity contribution in [3.63, 3.8) is 0 Å². The van der Waals surface area contributed by atoms with Crippen LogP contribution >= 0.6 is 0 Å². The summed E-state index contributed by atoms with van der Waals surface area (Å²) in [6.07, 6.45) is 3.59. The molecule has 2 aliphatic rings. The number of benzene rings is 1. The first-order valence-electron chi connectivity index (χ1n) is 7.08. The Morgan fingerprint density at radius 1 is 1.32 bits per heavy atom. The first kappa shape index (κ1) is 12.5. The molecular weight excluding hydrogens is 238 g/mol. The molecule has 2 fully saturated rings. The van der Waals surface area contributed by atoms with Gasteiger partial charge in [0.25, 0.3) is 0 Å². The van der Waals surface area contributed by atoms with E-state index >= 15 is 0 Å². The van der Waals surface area contributed by atoms with Crippen LogP contribution in [0.2, 0.25) is 0 Å². The monoisotopic (exact) mass is 259 g/mol. The number of carbonyl (C=O) groups is 1. The Kier molecular flexibility index (Phi) is 3.21. The van der Waals surface area contributed by atoms with Crippen molar-refractivity contribution in [2.24, 2.45) is 11.8 Å². The molecule has 0 N–H and O–H groups in total. The van der Waals surface area contributed by atoms with Crippen molar-refractivity contribution < 1.29 is 9.53 Å². The summed E-state index contributed by atoms with van der Waals surface area (Å²) in [6, 6.07) is 8.11. The van der Waals surface area contributed by atoms with Gasteiger partial charge in [0, 0.05) is 19.5 Å². The molecule has 1 aromatic rings. The van der Waals surface area contributed by atoms with Crippen molar-refractivity contribution >= 4 is 5.91 Å². The highest BCUT2D eigenvalue weighted by Gasteiger charge is 2.45. The predicted octanol–water partition coefficient (Wildman–Crippen LogP) is 2.67. The Labute approximate surface area is 114 Å². The van der Waals surface area contributed by atoms with Crippen molar-refractivity contribution in [2.75, 3.05) is 20.7 Å². The molecule has 0 bridgehead atoms. The van der Waals surface area contributed by atoms with Crippen LogP contribution in [-0.4, -0.2) is 31.5 Å². The first-order valence-corrected chi connectivity index (χ1v) is 7.08. The van der Waals surface area contributed by atoms with Crippen LogP contribution in [0, 0.1) is 11.8 Å². The van der Waals surface area contributed by atoms with Gasteiger partial charge in [-0.25, -0.2) is 0 Å². The zero-order valence-corrected chi connectivity index (χ0v) is 11.6. The van der Waals surface area contributed by atoms with Gasteiger partial charge in [0.05, 0.1) is 7.11 Å². The zero-order chi connectivity index (χ0) is 13.4. The Morgan fingerprint density at radius 3 is 2.58 bits per heavy atom. The van der Waals surface area contributed by atoms with Gasteiger partial charge in [0.1, 0.15) is 5.75 Å². The maximum absolute atomic E-state index is 12.3. The topological polar surface area (TPSA) is 29.5 Å². The van der Waals surface area contributed by atoms with E-state index in [1.54, 1.807) is 7.11 Å². The van der Waals surface area contributed by atoms with Crippen LogP contribution in [0.3, 0.4) is 0 Å². The molecular formula is C16H21NO2. The molecule has 3 heteroatoms. The SMILES string of the molecule is COc1ccc(C2CC2C(=O)N(C)CC2CC2)cc1. The lowest BCUT2D eigenvalue weighted by molar-refractivity contribution is -0.131. The third-order valence-corrected chi connectivity index (χ3v) is 4.26. The van der Waals surface area contributed by atoms with Gasteiger partial charge in [-0.3, -0.25) is 4.79 Å². The summed E-state index contributed by atoms with van der Waals surface area (Å²) >= 11 is 0. The third kappa shape index (κ3) is 2.75. The normalized spacial score (nSPS) is 24.9. The summed E-state index contributed by atoms with van der Waals surface area (Å²) in [6.45, 7) is 0.949. The fourth-order valence-electron chi connectivity index (χ4n) is 2.75. The third-order valence-electron chi connectivity index (χ3n) is 4.26. The summed E-state index contributed by atoms with van der Waals surface area (Å²) in [5.41, 5.74) is 1.26. The van der Waals surface area contributed by atoms with Crippen molar-refractivity contribution in [1.82, 2.24) is 4.90 Å². The summed E-state index contributed by atoms with van der Waals surface area (Å²) in [4.78, 5) is 14.2. The molecule has 0 aromatic heterocycles. The van der Waals surface area contributed by atoms with Crippen LogP contribution in [-0.2, 0) is 4.79 Å². The highest BCUT2D eigenvalue weighted by atomic mass is 16.5. The minimum Gasteiger partial charge on any atom is -0.497 e. The van der Waals surface area contributed by atoms with Crippen LogP contribution in [0.25, 0.3) is 0 Å². The smallest absolute Gasteiger partial charge is 0.226 e. The van der Waals surface area contributed by atoms with Crippen LogP contribution in [0.1, 0.15) is 30.7 Å². The molecule has 102 valence electrons. The molecule has 2 unspecified atom stereocenters. The molecule has 0 heterocycles. The quantitative estimate of drug-likeness (QED) is 0.813. The van der Waals surface area contributed by atoms with E-state index < -0.39 is 0 Å². The van der Waals surface area contributed by atoms with Crippen molar-refractivity contribution in [1.29, 1.82) is 0 Å². The molecule has 1 aromatic carbocycles. The first-order chi connectivity index (χ1) is 9.19. The van der Waals surface area contributed by atoms with Crippen molar-refractivity contribution in [3.05, 3.63) is 29.8 Å². The molecule has 0 spiro atoms. The number of ether oxygens (including phenoxy) is 1. The molecule has 2 atom stereocenters. The van der Waals surface area contributed by atoms with Crippen molar-refractivity contribution in [3.8, 4) is 5.75 Å². The summed E-state index contributed by atoms with van der Waals surface area (Å²) in [5.74, 6) is 2.59. The predicted molar refractivity (Wildman–Crippen MR) is 74.2 cm³/mol. The highest BCUT2D eigenvalue weighted by Crippen LogP contribution is 2.48. The lowest BCUT2D eigenvalue weighted by Gasteiger charge is -2.16. The van der Waals surface area contributed by atoms with Crippen LogP contribution < -0.4 is 4.74 Å². The van der Waals surface area contributed by atoms with E-state index in [1.807, 2.05) is 24.1 Å². The Morgan fingerprint density at radius 2 is 2.00 bits per heavy atom. The fraction of sp³-hybridized carbons (Fsp3) is 0.562. The van der Waals surface area contributed by atoms with Crippen LogP contribution in [0.4, 0.5) is 0 Å². The van der Waals surface area contributed by atoms with E-state index in [1.165, 1.54) is 18.4 Å². The molecule has 0 aliphatic heterocycles. The van der Waals surface area contributed by atoms with Gasteiger partial charge < -0.3 is 9.64 Å². The lowest BCUT2D eigenvalue weighted by Crippen LogP contribution is -2.30. The highest BCUT2D eigenvalue weighted by molar-refractivity contribution is 5.82. The van der Waals surface area contributed by atoms with E-state index in [2.05, 4.69) is 12.1 Å². The maximum Gasteiger partial charge on any atom is 0.226 e. The van der Waals surface area contributed by atoms with E-state index in [0.29, 0.717) is 11.8 Å². The van der Waals surface area contributed by atoms with Gasteiger partial charge in [-0.1, -0.05) is 12.1 Å². The average molecular weight is 259 g/mol. The lowest BCUT2D eigenvalue weighted by atomic mass is 10.1. The summed E-state index contributed by atoms with van der Waals surface area (Å²) in [7, 11) is 3.62. The molecule has 2 aliphatic carbocycles. The molecule has 19 heavy (non-hydrogen) atoms. The minimum absolute atomic E-state index is 0.206. The molecule has 0 saturated heterocycles. The standard InChI is InChI=1S/C16H21NO2/c1-17(10-11-3-4-11)16(18)15-9-14(15)12-5-7-13(19-2)8-6-12/h5-8,11,14-15H,3-4,9-10H2,1-2H3. The number of methoxy groups -OCH3 is 1. The fourth-order valence-corrected chi connectivity index (χ4v) is 2.75. The molecule has 3 nitrogen and oxygen atoms in total. The second-order valence-electron chi connectivity index (χ2n) is 5.88. The second kappa shape index (κ2) is 4.87. The Bertz CT molecular complexity index is 464. The number of nitrogens with zero attached hydrogens (tertiary/aromatic N) is 1. The summed E-state index contributed by atoms with van der Waals surface area (Å²) in [5, 5.41) is 0. The number of hydrogen-bond donors (Lipinski definition) is 0. The minimum atomic E-state index is 0.206. The van der Waals surface area contributed by atoms with Gasteiger partial charge in [0.2, 0.25) is 5.91 Å². The van der Waals surface area contributed by atoms with Gasteiger partial charge in [-0.15, -0.1) is 0 Å². The van der Waals surface area contributed by atoms with Gasteiger partial charge >= 0.3 is 0 Å².